The number of rotatable bonds is 8. The molecule has 0 radical (unpaired) electrons. The molecule has 0 unspecified atom stereocenters. The van der Waals surface area contributed by atoms with Gasteiger partial charge >= 0.3 is 0 Å². The maximum absolute atomic E-state index is 13.1. The number of carbonyl (C=O) groups excluding carboxylic acids is 1. The number of carbonyl (C=O) groups is 1. The van der Waals surface area contributed by atoms with Gasteiger partial charge in [-0.05, 0) is 49.7 Å². The number of halogens is 2. The number of nitrogens with zero attached hydrogens (tertiary/aromatic N) is 2. The third-order valence-corrected chi connectivity index (χ3v) is 6.14. The molecule has 2 aromatic carbocycles. The number of hydrogen-bond acceptors (Lipinski definition) is 4. The summed E-state index contributed by atoms with van der Waals surface area (Å²) in [6.07, 6.45) is 0.870. The van der Waals surface area contributed by atoms with E-state index < -0.39 is 0 Å². The monoisotopic (exact) mass is 492 g/mol. The van der Waals surface area contributed by atoms with E-state index in [1.54, 1.807) is 6.07 Å². The standard InChI is InChI=1S/C22H22BrClN2O2S/c1-3-15(2)26(22(27)16-6-4-7-17(23)10-16)12-19-14-29-21(25-19)13-28-20-9-5-8-18(24)11-20/h4-11,14-15H,3,12-13H2,1-2H3/t15-/m1/s1. The topological polar surface area (TPSA) is 42.4 Å². The second kappa shape index (κ2) is 10.2. The van der Waals surface area contributed by atoms with Crippen molar-refractivity contribution in [1.82, 2.24) is 9.88 Å². The van der Waals surface area contributed by atoms with E-state index >= 15 is 0 Å². The van der Waals surface area contributed by atoms with Crippen LogP contribution in [0.4, 0.5) is 0 Å². The third-order valence-electron chi connectivity index (χ3n) is 4.55. The van der Waals surface area contributed by atoms with Crippen molar-refractivity contribution in [2.45, 2.75) is 39.5 Å². The van der Waals surface area contributed by atoms with Crippen LogP contribution in [0.5, 0.6) is 5.75 Å². The lowest BCUT2D eigenvalue weighted by atomic mass is 10.1. The van der Waals surface area contributed by atoms with Crippen molar-refractivity contribution >= 4 is 44.8 Å². The van der Waals surface area contributed by atoms with Gasteiger partial charge in [0.2, 0.25) is 0 Å². The second-order valence-corrected chi connectivity index (χ2v) is 8.97. The van der Waals surface area contributed by atoms with E-state index in [-0.39, 0.29) is 11.9 Å². The highest BCUT2D eigenvalue weighted by Gasteiger charge is 2.22. The highest BCUT2D eigenvalue weighted by atomic mass is 79.9. The molecule has 0 saturated heterocycles. The molecule has 0 spiro atoms. The maximum atomic E-state index is 13.1. The van der Waals surface area contributed by atoms with Crippen LogP contribution in [0.15, 0.2) is 58.4 Å². The summed E-state index contributed by atoms with van der Waals surface area (Å²) in [6, 6.07) is 14.9. The van der Waals surface area contributed by atoms with Gasteiger partial charge in [-0.1, -0.05) is 46.6 Å². The smallest absolute Gasteiger partial charge is 0.254 e. The first-order valence-corrected chi connectivity index (χ1v) is 11.4. The van der Waals surface area contributed by atoms with Crippen LogP contribution < -0.4 is 4.74 Å². The number of aromatic nitrogens is 1. The van der Waals surface area contributed by atoms with Crippen molar-refractivity contribution in [1.29, 1.82) is 0 Å². The second-order valence-electron chi connectivity index (χ2n) is 6.68. The third kappa shape index (κ3) is 6.04. The molecule has 152 valence electrons. The van der Waals surface area contributed by atoms with Gasteiger partial charge in [0.25, 0.3) is 5.91 Å². The van der Waals surface area contributed by atoms with Gasteiger partial charge in [0.15, 0.2) is 0 Å². The zero-order valence-corrected chi connectivity index (χ0v) is 19.4. The molecule has 4 nitrogen and oxygen atoms in total. The Morgan fingerprint density at radius 2 is 2.07 bits per heavy atom. The highest BCUT2D eigenvalue weighted by molar-refractivity contribution is 9.10. The van der Waals surface area contributed by atoms with Crippen LogP contribution in [0.25, 0.3) is 0 Å². The normalized spacial score (nSPS) is 11.9. The van der Waals surface area contributed by atoms with Crippen LogP contribution >= 0.6 is 38.9 Å². The molecule has 0 aliphatic rings. The van der Waals surface area contributed by atoms with E-state index in [0.29, 0.717) is 29.5 Å². The minimum atomic E-state index is 0.00498. The van der Waals surface area contributed by atoms with E-state index in [1.165, 1.54) is 11.3 Å². The van der Waals surface area contributed by atoms with Crippen molar-refractivity contribution in [3.63, 3.8) is 0 Å². The average Bonchev–Trinajstić information content (AvgIpc) is 3.17. The molecule has 0 N–H and O–H groups in total. The largest absolute Gasteiger partial charge is 0.486 e. The fourth-order valence-corrected chi connectivity index (χ4v) is 4.08. The van der Waals surface area contributed by atoms with Gasteiger partial charge in [-0.25, -0.2) is 4.98 Å². The molecule has 1 atom stereocenters. The Bertz CT molecular complexity index is 979. The molecule has 0 aliphatic heterocycles. The van der Waals surface area contributed by atoms with Gasteiger partial charge in [-0.3, -0.25) is 4.79 Å². The fraction of sp³-hybridized carbons (Fsp3) is 0.273. The van der Waals surface area contributed by atoms with Crippen molar-refractivity contribution in [3.05, 3.63) is 79.7 Å². The lowest BCUT2D eigenvalue weighted by Gasteiger charge is -2.28. The first kappa shape index (κ1) is 21.8. The SMILES string of the molecule is CC[C@@H](C)N(Cc1csc(COc2cccc(Cl)c2)n1)C(=O)c1cccc(Br)c1. The number of thiazole rings is 1. The lowest BCUT2D eigenvalue weighted by molar-refractivity contribution is 0.0669. The van der Waals surface area contributed by atoms with Gasteiger partial charge < -0.3 is 9.64 Å². The predicted octanol–water partition coefficient (Wildman–Crippen LogP) is 6.58. The van der Waals surface area contributed by atoms with Crippen LogP contribution in [-0.4, -0.2) is 21.8 Å². The van der Waals surface area contributed by atoms with Crippen LogP contribution in [0.3, 0.4) is 0 Å². The molecule has 1 aromatic heterocycles. The van der Waals surface area contributed by atoms with Crippen molar-refractivity contribution in [3.8, 4) is 5.75 Å². The fourth-order valence-electron chi connectivity index (χ4n) is 2.80. The van der Waals surface area contributed by atoms with Gasteiger partial charge in [-0.2, -0.15) is 0 Å². The number of amides is 1. The van der Waals surface area contributed by atoms with Crippen molar-refractivity contribution in [2.75, 3.05) is 0 Å². The van der Waals surface area contributed by atoms with E-state index in [0.717, 1.165) is 21.6 Å². The zero-order chi connectivity index (χ0) is 20.8. The maximum Gasteiger partial charge on any atom is 0.254 e. The number of ether oxygens (including phenoxy) is 1. The molecule has 1 heterocycles. The summed E-state index contributed by atoms with van der Waals surface area (Å²) in [6.45, 7) is 4.98. The molecule has 3 rings (SSSR count). The van der Waals surface area contributed by atoms with Crippen LogP contribution in [0.1, 0.15) is 41.3 Å². The summed E-state index contributed by atoms with van der Waals surface area (Å²) in [5.41, 5.74) is 1.53. The van der Waals surface area contributed by atoms with Crippen LogP contribution in [0, 0.1) is 0 Å². The van der Waals surface area contributed by atoms with E-state index in [2.05, 4.69) is 34.8 Å². The van der Waals surface area contributed by atoms with E-state index in [4.69, 9.17) is 16.3 Å². The van der Waals surface area contributed by atoms with Gasteiger partial charge in [0.1, 0.15) is 17.4 Å². The first-order chi connectivity index (χ1) is 14.0. The molecular formula is C22H22BrClN2O2S. The van der Waals surface area contributed by atoms with Gasteiger partial charge in [0.05, 0.1) is 12.2 Å². The van der Waals surface area contributed by atoms with E-state index in [1.807, 2.05) is 52.7 Å². The van der Waals surface area contributed by atoms with Crippen molar-refractivity contribution < 1.29 is 9.53 Å². The molecule has 3 aromatic rings. The summed E-state index contributed by atoms with van der Waals surface area (Å²) in [5, 5.41) is 3.48. The molecule has 0 bridgehead atoms. The molecule has 0 fully saturated rings. The van der Waals surface area contributed by atoms with E-state index in [9.17, 15) is 4.79 Å². The molecule has 7 heteroatoms. The van der Waals surface area contributed by atoms with Crippen LogP contribution in [-0.2, 0) is 13.2 Å². The van der Waals surface area contributed by atoms with Gasteiger partial charge in [0, 0.05) is 26.5 Å². The summed E-state index contributed by atoms with van der Waals surface area (Å²) < 4.78 is 6.66. The molecule has 0 saturated carbocycles. The summed E-state index contributed by atoms with van der Waals surface area (Å²) in [7, 11) is 0. The molecule has 1 amide bonds. The quantitative estimate of drug-likeness (QED) is 0.356. The number of hydrogen-bond donors (Lipinski definition) is 0. The molecule has 0 aliphatic carbocycles. The first-order valence-electron chi connectivity index (χ1n) is 9.34. The Balaban J connectivity index is 1.69. The van der Waals surface area contributed by atoms with Crippen LogP contribution in [0.2, 0.25) is 5.02 Å². The summed E-state index contributed by atoms with van der Waals surface area (Å²) in [5.74, 6) is 0.714. The average molecular weight is 494 g/mol. The summed E-state index contributed by atoms with van der Waals surface area (Å²) >= 11 is 11.0. The Kier molecular flexibility index (Phi) is 7.70. The zero-order valence-electron chi connectivity index (χ0n) is 16.3. The van der Waals surface area contributed by atoms with Crippen molar-refractivity contribution in [2.24, 2.45) is 0 Å². The Morgan fingerprint density at radius 1 is 1.28 bits per heavy atom. The Hall–Kier alpha value is -1.89. The number of benzene rings is 2. The summed E-state index contributed by atoms with van der Waals surface area (Å²) in [4.78, 5) is 19.6. The van der Waals surface area contributed by atoms with Gasteiger partial charge in [-0.15, -0.1) is 11.3 Å². The minimum Gasteiger partial charge on any atom is -0.486 e. The molecular weight excluding hydrogens is 472 g/mol. The predicted molar refractivity (Wildman–Crippen MR) is 122 cm³/mol. The highest BCUT2D eigenvalue weighted by Crippen LogP contribution is 2.22. The molecule has 29 heavy (non-hydrogen) atoms. The Labute approximate surface area is 188 Å². The minimum absolute atomic E-state index is 0.00498. The lowest BCUT2D eigenvalue weighted by Crippen LogP contribution is -2.37. The Morgan fingerprint density at radius 3 is 2.79 bits per heavy atom.